The van der Waals surface area contributed by atoms with Gasteiger partial charge in [-0.2, -0.15) is 0 Å². The van der Waals surface area contributed by atoms with Crippen LogP contribution in [0.5, 0.6) is 11.5 Å². The molecule has 4 nitrogen and oxygen atoms in total. The zero-order chi connectivity index (χ0) is 14.2. The molecule has 1 unspecified atom stereocenters. The van der Waals surface area contributed by atoms with Crippen LogP contribution in [0.15, 0.2) is 24.3 Å². The summed E-state index contributed by atoms with van der Waals surface area (Å²) < 4.78 is 10.8. The van der Waals surface area contributed by atoms with Gasteiger partial charge in [-0.3, -0.25) is 4.90 Å². The number of likely N-dealkylation sites (tertiary alicyclic amines) is 1. The molecule has 0 radical (unpaired) electrons. The first-order valence-electron chi connectivity index (χ1n) is 7.55. The lowest BCUT2D eigenvalue weighted by atomic mass is 10.2. The van der Waals surface area contributed by atoms with Crippen LogP contribution in [0.25, 0.3) is 0 Å². The summed E-state index contributed by atoms with van der Waals surface area (Å²) in [6.45, 7) is 7.32. The van der Waals surface area contributed by atoms with E-state index in [2.05, 4.69) is 17.1 Å². The fourth-order valence-corrected chi connectivity index (χ4v) is 2.72. The molecule has 20 heavy (non-hydrogen) atoms. The standard InChI is InChI=1S/C16H26N2O2/c1-3-18-11-4-5-14(18)13-17-10-12-20-16-8-6-15(19-2)7-9-16/h6-9,14,17H,3-5,10-13H2,1-2H3. The van der Waals surface area contributed by atoms with Gasteiger partial charge in [0.15, 0.2) is 0 Å². The number of ether oxygens (including phenoxy) is 2. The summed E-state index contributed by atoms with van der Waals surface area (Å²) in [5, 5.41) is 3.49. The van der Waals surface area contributed by atoms with Crippen molar-refractivity contribution < 1.29 is 9.47 Å². The van der Waals surface area contributed by atoms with Gasteiger partial charge in [0.05, 0.1) is 7.11 Å². The highest BCUT2D eigenvalue weighted by atomic mass is 16.5. The summed E-state index contributed by atoms with van der Waals surface area (Å²) in [7, 11) is 1.67. The van der Waals surface area contributed by atoms with Gasteiger partial charge in [0.1, 0.15) is 18.1 Å². The number of methoxy groups -OCH3 is 1. The van der Waals surface area contributed by atoms with Crippen molar-refractivity contribution in [2.24, 2.45) is 0 Å². The molecule has 1 heterocycles. The van der Waals surface area contributed by atoms with Crippen LogP contribution in [0.4, 0.5) is 0 Å². The second-order valence-corrected chi connectivity index (χ2v) is 5.15. The summed E-state index contributed by atoms with van der Waals surface area (Å²) in [5.41, 5.74) is 0. The van der Waals surface area contributed by atoms with Crippen molar-refractivity contribution in [3.05, 3.63) is 24.3 Å². The Morgan fingerprint density at radius 1 is 1.25 bits per heavy atom. The average Bonchev–Trinajstić information content (AvgIpc) is 2.95. The molecule has 1 aliphatic heterocycles. The van der Waals surface area contributed by atoms with Crippen molar-refractivity contribution in [3.63, 3.8) is 0 Å². The van der Waals surface area contributed by atoms with Gasteiger partial charge < -0.3 is 14.8 Å². The highest BCUT2D eigenvalue weighted by molar-refractivity contribution is 5.31. The molecule has 2 rings (SSSR count). The monoisotopic (exact) mass is 278 g/mol. The maximum Gasteiger partial charge on any atom is 0.119 e. The third-order valence-electron chi connectivity index (χ3n) is 3.89. The lowest BCUT2D eigenvalue weighted by Gasteiger charge is -2.22. The van der Waals surface area contributed by atoms with Crippen molar-refractivity contribution in [2.45, 2.75) is 25.8 Å². The van der Waals surface area contributed by atoms with Gasteiger partial charge in [-0.1, -0.05) is 6.92 Å². The number of hydrogen-bond acceptors (Lipinski definition) is 4. The highest BCUT2D eigenvalue weighted by Crippen LogP contribution is 2.17. The lowest BCUT2D eigenvalue weighted by Crippen LogP contribution is -2.38. The van der Waals surface area contributed by atoms with Gasteiger partial charge in [-0.25, -0.2) is 0 Å². The third kappa shape index (κ3) is 4.39. The Hall–Kier alpha value is -1.26. The topological polar surface area (TPSA) is 33.7 Å². The Bertz CT molecular complexity index is 381. The Morgan fingerprint density at radius 3 is 2.70 bits per heavy atom. The summed E-state index contributed by atoms with van der Waals surface area (Å²) in [6.07, 6.45) is 2.66. The zero-order valence-corrected chi connectivity index (χ0v) is 12.6. The van der Waals surface area contributed by atoms with E-state index in [1.165, 1.54) is 19.4 Å². The Kier molecular flexibility index (Phi) is 6.15. The number of rotatable bonds is 8. The molecular weight excluding hydrogens is 252 g/mol. The van der Waals surface area contributed by atoms with Gasteiger partial charge in [0, 0.05) is 19.1 Å². The van der Waals surface area contributed by atoms with Crippen LogP contribution in [-0.4, -0.2) is 50.8 Å². The average molecular weight is 278 g/mol. The molecule has 4 heteroatoms. The van der Waals surface area contributed by atoms with Crippen LogP contribution in [0.1, 0.15) is 19.8 Å². The van der Waals surface area contributed by atoms with E-state index in [-0.39, 0.29) is 0 Å². The molecule has 1 aromatic rings. The van der Waals surface area contributed by atoms with Crippen LogP contribution in [-0.2, 0) is 0 Å². The van der Waals surface area contributed by atoms with Crippen LogP contribution in [0.3, 0.4) is 0 Å². The Labute approximate surface area is 122 Å². The maximum absolute atomic E-state index is 5.69. The highest BCUT2D eigenvalue weighted by Gasteiger charge is 2.21. The first kappa shape index (κ1) is 15.1. The number of likely N-dealkylation sites (N-methyl/N-ethyl adjacent to an activating group) is 1. The molecule has 1 aliphatic rings. The largest absolute Gasteiger partial charge is 0.497 e. The van der Waals surface area contributed by atoms with E-state index in [1.54, 1.807) is 7.11 Å². The maximum atomic E-state index is 5.69. The minimum Gasteiger partial charge on any atom is -0.497 e. The minimum absolute atomic E-state index is 0.700. The van der Waals surface area contributed by atoms with Gasteiger partial charge in [-0.05, 0) is 50.2 Å². The van der Waals surface area contributed by atoms with Crippen molar-refractivity contribution >= 4 is 0 Å². The van der Waals surface area contributed by atoms with E-state index >= 15 is 0 Å². The minimum atomic E-state index is 0.700. The summed E-state index contributed by atoms with van der Waals surface area (Å²) in [6, 6.07) is 8.42. The second kappa shape index (κ2) is 8.12. The molecule has 0 aromatic heterocycles. The van der Waals surface area contributed by atoms with Crippen molar-refractivity contribution in [1.82, 2.24) is 10.2 Å². The molecule has 0 bridgehead atoms. The van der Waals surface area contributed by atoms with Crippen LogP contribution >= 0.6 is 0 Å². The zero-order valence-electron chi connectivity index (χ0n) is 12.6. The third-order valence-corrected chi connectivity index (χ3v) is 3.89. The Balaban J connectivity index is 1.59. The molecule has 1 N–H and O–H groups in total. The number of nitrogens with zero attached hydrogens (tertiary/aromatic N) is 1. The molecule has 1 atom stereocenters. The van der Waals surface area contributed by atoms with Gasteiger partial charge >= 0.3 is 0 Å². The molecule has 1 aromatic carbocycles. The first-order valence-corrected chi connectivity index (χ1v) is 7.55. The second-order valence-electron chi connectivity index (χ2n) is 5.15. The van der Waals surface area contributed by atoms with Crippen LogP contribution in [0, 0.1) is 0 Å². The molecule has 0 spiro atoms. The number of benzene rings is 1. The molecule has 0 amide bonds. The predicted molar refractivity (Wildman–Crippen MR) is 81.6 cm³/mol. The van der Waals surface area contributed by atoms with E-state index in [4.69, 9.17) is 9.47 Å². The fraction of sp³-hybridized carbons (Fsp3) is 0.625. The normalized spacial score (nSPS) is 19.2. The van der Waals surface area contributed by atoms with Crippen LogP contribution in [0.2, 0.25) is 0 Å². The van der Waals surface area contributed by atoms with Gasteiger partial charge in [0.25, 0.3) is 0 Å². The molecule has 0 aliphatic carbocycles. The van der Waals surface area contributed by atoms with Gasteiger partial charge in [0.2, 0.25) is 0 Å². The van der Waals surface area contributed by atoms with E-state index in [0.717, 1.165) is 31.1 Å². The number of hydrogen-bond donors (Lipinski definition) is 1. The number of nitrogens with one attached hydrogen (secondary N) is 1. The Morgan fingerprint density at radius 2 is 2.00 bits per heavy atom. The van der Waals surface area contributed by atoms with Crippen LogP contribution < -0.4 is 14.8 Å². The molecule has 112 valence electrons. The molecular formula is C16H26N2O2. The van der Waals surface area contributed by atoms with E-state index in [1.807, 2.05) is 24.3 Å². The smallest absolute Gasteiger partial charge is 0.119 e. The first-order chi connectivity index (χ1) is 9.83. The SMILES string of the molecule is CCN1CCCC1CNCCOc1ccc(OC)cc1. The predicted octanol–water partition coefficient (Wildman–Crippen LogP) is 2.15. The fourth-order valence-electron chi connectivity index (χ4n) is 2.72. The van der Waals surface area contributed by atoms with Crippen molar-refractivity contribution in [2.75, 3.05) is 39.9 Å². The van der Waals surface area contributed by atoms with E-state index < -0.39 is 0 Å². The summed E-state index contributed by atoms with van der Waals surface area (Å²) in [4.78, 5) is 2.55. The van der Waals surface area contributed by atoms with Gasteiger partial charge in [-0.15, -0.1) is 0 Å². The quantitative estimate of drug-likeness (QED) is 0.739. The summed E-state index contributed by atoms with van der Waals surface area (Å²) >= 11 is 0. The molecule has 1 saturated heterocycles. The van der Waals surface area contributed by atoms with Crippen molar-refractivity contribution in [1.29, 1.82) is 0 Å². The van der Waals surface area contributed by atoms with E-state index in [0.29, 0.717) is 12.6 Å². The summed E-state index contributed by atoms with van der Waals surface area (Å²) in [5.74, 6) is 1.75. The van der Waals surface area contributed by atoms with E-state index in [9.17, 15) is 0 Å². The molecule has 1 fully saturated rings. The lowest BCUT2D eigenvalue weighted by molar-refractivity contribution is 0.251. The molecule has 0 saturated carbocycles. The van der Waals surface area contributed by atoms with Crippen molar-refractivity contribution in [3.8, 4) is 11.5 Å².